The van der Waals surface area contributed by atoms with E-state index in [4.69, 9.17) is 10.2 Å². The molecule has 0 aliphatic heterocycles. The maximum absolute atomic E-state index is 11.8. The minimum atomic E-state index is -0.0395. The first-order valence-corrected chi connectivity index (χ1v) is 6.23. The van der Waals surface area contributed by atoms with Gasteiger partial charge in [0.1, 0.15) is 5.76 Å². The Morgan fingerprint density at radius 1 is 1.56 bits per heavy atom. The van der Waals surface area contributed by atoms with Crippen LogP contribution in [0.4, 0.5) is 0 Å². The van der Waals surface area contributed by atoms with Crippen molar-refractivity contribution >= 4 is 12.0 Å². The molecule has 1 amide bonds. The first-order valence-electron chi connectivity index (χ1n) is 6.23. The van der Waals surface area contributed by atoms with Crippen LogP contribution in [0.15, 0.2) is 28.9 Å². The van der Waals surface area contributed by atoms with Crippen molar-refractivity contribution in [3.8, 4) is 0 Å². The molecule has 0 radical (unpaired) electrons. The molecule has 1 atom stereocenters. The number of rotatable bonds is 6. The summed E-state index contributed by atoms with van der Waals surface area (Å²) in [5.74, 6) is 1.07. The van der Waals surface area contributed by atoms with Gasteiger partial charge >= 0.3 is 0 Å². The van der Waals surface area contributed by atoms with E-state index in [1.807, 2.05) is 0 Å². The summed E-state index contributed by atoms with van der Waals surface area (Å²) in [5.41, 5.74) is 5.95. The van der Waals surface area contributed by atoms with Gasteiger partial charge in [0.2, 0.25) is 5.91 Å². The van der Waals surface area contributed by atoms with Gasteiger partial charge in [-0.2, -0.15) is 0 Å². The molecule has 0 aromatic carbocycles. The fraction of sp³-hybridized carbons (Fsp3) is 0.500. The first-order chi connectivity index (χ1) is 8.50. The third-order valence-electron chi connectivity index (χ3n) is 2.96. The zero-order chi connectivity index (χ0) is 13.5. The molecule has 1 heterocycles. The molecular formula is C14H22N2O2. The molecule has 1 aromatic rings. The third-order valence-corrected chi connectivity index (χ3v) is 2.96. The van der Waals surface area contributed by atoms with Crippen LogP contribution in [0, 0.1) is 5.92 Å². The molecule has 100 valence electrons. The van der Waals surface area contributed by atoms with Crippen molar-refractivity contribution in [2.75, 3.05) is 13.6 Å². The SMILES string of the molecule is CC(C)C(N)CCN(C)C(=O)/C=C/c1ccco1. The number of carbonyl (C=O) groups is 1. The lowest BCUT2D eigenvalue weighted by molar-refractivity contribution is -0.124. The second-order valence-corrected chi connectivity index (χ2v) is 4.81. The normalized spacial score (nSPS) is 13.2. The molecule has 2 N–H and O–H groups in total. The average Bonchev–Trinajstić information content (AvgIpc) is 2.85. The Morgan fingerprint density at radius 3 is 2.83 bits per heavy atom. The molecule has 0 saturated carbocycles. The van der Waals surface area contributed by atoms with Crippen molar-refractivity contribution in [1.82, 2.24) is 4.90 Å². The summed E-state index contributed by atoms with van der Waals surface area (Å²) in [6, 6.07) is 3.72. The number of carbonyl (C=O) groups excluding carboxylic acids is 1. The summed E-state index contributed by atoms with van der Waals surface area (Å²) in [7, 11) is 1.78. The van der Waals surface area contributed by atoms with Crippen LogP contribution in [0.3, 0.4) is 0 Å². The molecule has 1 aromatic heterocycles. The van der Waals surface area contributed by atoms with Crippen molar-refractivity contribution < 1.29 is 9.21 Å². The average molecular weight is 250 g/mol. The summed E-state index contributed by atoms with van der Waals surface area (Å²) in [4.78, 5) is 13.4. The summed E-state index contributed by atoms with van der Waals surface area (Å²) in [6.07, 6.45) is 5.57. The molecule has 0 spiro atoms. The minimum Gasteiger partial charge on any atom is -0.465 e. The van der Waals surface area contributed by atoms with Gasteiger partial charge in [0, 0.05) is 25.7 Å². The summed E-state index contributed by atoms with van der Waals surface area (Å²) < 4.78 is 5.12. The van der Waals surface area contributed by atoms with Crippen LogP contribution in [0.2, 0.25) is 0 Å². The largest absolute Gasteiger partial charge is 0.465 e. The number of nitrogens with zero attached hydrogens (tertiary/aromatic N) is 1. The number of nitrogens with two attached hydrogens (primary N) is 1. The molecule has 0 aliphatic carbocycles. The molecule has 0 fully saturated rings. The molecule has 18 heavy (non-hydrogen) atoms. The predicted octanol–water partition coefficient (Wildman–Crippen LogP) is 2.12. The molecule has 1 unspecified atom stereocenters. The van der Waals surface area contributed by atoms with Crippen LogP contribution in [0.1, 0.15) is 26.0 Å². The van der Waals surface area contributed by atoms with Crippen molar-refractivity contribution in [2.24, 2.45) is 11.7 Å². The first kappa shape index (κ1) is 14.5. The number of furan rings is 1. The molecule has 4 nitrogen and oxygen atoms in total. The zero-order valence-corrected chi connectivity index (χ0v) is 11.3. The van der Waals surface area contributed by atoms with Crippen molar-refractivity contribution in [1.29, 1.82) is 0 Å². The quantitative estimate of drug-likeness (QED) is 0.787. The van der Waals surface area contributed by atoms with Gasteiger partial charge in [0.05, 0.1) is 6.26 Å². The minimum absolute atomic E-state index is 0.0395. The van der Waals surface area contributed by atoms with Crippen LogP contribution in [0.5, 0.6) is 0 Å². The highest BCUT2D eigenvalue weighted by Crippen LogP contribution is 2.05. The van der Waals surface area contributed by atoms with E-state index in [0.29, 0.717) is 18.2 Å². The van der Waals surface area contributed by atoms with Gasteiger partial charge in [0.25, 0.3) is 0 Å². The fourth-order valence-corrected chi connectivity index (χ4v) is 1.45. The van der Waals surface area contributed by atoms with Crippen LogP contribution in [0.25, 0.3) is 6.08 Å². The maximum atomic E-state index is 11.8. The van der Waals surface area contributed by atoms with Gasteiger partial charge in [-0.3, -0.25) is 4.79 Å². The molecular weight excluding hydrogens is 228 g/mol. The van der Waals surface area contributed by atoms with Gasteiger partial charge in [0.15, 0.2) is 0 Å². The Morgan fingerprint density at radius 2 is 2.28 bits per heavy atom. The van der Waals surface area contributed by atoms with E-state index in [2.05, 4.69) is 13.8 Å². The molecule has 4 heteroatoms. The summed E-state index contributed by atoms with van der Waals surface area (Å²) >= 11 is 0. The van der Waals surface area contributed by atoms with Crippen molar-refractivity contribution in [2.45, 2.75) is 26.3 Å². The van der Waals surface area contributed by atoms with Gasteiger partial charge in [-0.1, -0.05) is 13.8 Å². The highest BCUT2D eigenvalue weighted by molar-refractivity contribution is 5.91. The third kappa shape index (κ3) is 4.75. The van der Waals surface area contributed by atoms with E-state index >= 15 is 0 Å². The lowest BCUT2D eigenvalue weighted by Crippen LogP contribution is -2.33. The second kappa shape index (κ2) is 7.01. The van der Waals surface area contributed by atoms with E-state index < -0.39 is 0 Å². The summed E-state index contributed by atoms with van der Waals surface area (Å²) in [6.45, 7) is 4.84. The van der Waals surface area contributed by atoms with Gasteiger partial charge in [-0.05, 0) is 30.5 Å². The van der Waals surface area contributed by atoms with Gasteiger partial charge in [-0.25, -0.2) is 0 Å². The monoisotopic (exact) mass is 250 g/mol. The number of likely N-dealkylation sites (N-methyl/N-ethyl adjacent to an activating group) is 1. The van der Waals surface area contributed by atoms with Crippen molar-refractivity contribution in [3.05, 3.63) is 30.2 Å². The standard InChI is InChI=1S/C14H22N2O2/c1-11(2)13(15)8-9-16(3)14(17)7-6-12-5-4-10-18-12/h4-7,10-11,13H,8-9,15H2,1-3H3/b7-6+. The van der Waals surface area contributed by atoms with E-state index in [1.54, 1.807) is 36.4 Å². The lowest BCUT2D eigenvalue weighted by Gasteiger charge is -2.20. The van der Waals surface area contributed by atoms with Crippen LogP contribution in [-0.4, -0.2) is 30.4 Å². The Kier molecular flexibility index (Phi) is 5.65. The molecule has 1 rings (SSSR count). The molecule has 0 bridgehead atoms. The number of amides is 1. The van der Waals surface area contributed by atoms with Crippen molar-refractivity contribution in [3.63, 3.8) is 0 Å². The van der Waals surface area contributed by atoms with E-state index in [9.17, 15) is 4.79 Å². The van der Waals surface area contributed by atoms with E-state index in [0.717, 1.165) is 6.42 Å². The second-order valence-electron chi connectivity index (χ2n) is 4.81. The Balaban J connectivity index is 2.37. The Bertz CT molecular complexity index is 383. The highest BCUT2D eigenvalue weighted by atomic mass is 16.3. The maximum Gasteiger partial charge on any atom is 0.246 e. The molecule has 0 aliphatic rings. The lowest BCUT2D eigenvalue weighted by atomic mass is 10.0. The molecule has 0 saturated heterocycles. The smallest absolute Gasteiger partial charge is 0.246 e. The summed E-state index contributed by atoms with van der Waals surface area (Å²) in [5, 5.41) is 0. The van der Waals surface area contributed by atoms with E-state index in [-0.39, 0.29) is 11.9 Å². The predicted molar refractivity (Wildman–Crippen MR) is 72.8 cm³/mol. The Labute approximate surface area is 108 Å². The highest BCUT2D eigenvalue weighted by Gasteiger charge is 2.10. The Hall–Kier alpha value is -1.55. The topological polar surface area (TPSA) is 59.5 Å². The number of hydrogen-bond acceptors (Lipinski definition) is 3. The number of hydrogen-bond donors (Lipinski definition) is 1. The van der Waals surface area contributed by atoms with Crippen LogP contribution in [-0.2, 0) is 4.79 Å². The fourth-order valence-electron chi connectivity index (χ4n) is 1.45. The van der Waals surface area contributed by atoms with Crippen LogP contribution < -0.4 is 5.73 Å². The van der Waals surface area contributed by atoms with Gasteiger partial charge in [-0.15, -0.1) is 0 Å². The van der Waals surface area contributed by atoms with E-state index in [1.165, 1.54) is 6.08 Å². The van der Waals surface area contributed by atoms with Gasteiger partial charge < -0.3 is 15.1 Å². The van der Waals surface area contributed by atoms with Crippen LogP contribution >= 0.6 is 0 Å². The zero-order valence-electron chi connectivity index (χ0n) is 11.3.